The molecule has 0 saturated carbocycles. The Morgan fingerprint density at radius 2 is 2.22 bits per heavy atom. The molecule has 0 saturated heterocycles. The van der Waals surface area contributed by atoms with Crippen LogP contribution in [0.25, 0.3) is 0 Å². The Kier molecular flexibility index (Phi) is 4.33. The smallest absolute Gasteiger partial charge is 0.281 e. The van der Waals surface area contributed by atoms with Crippen molar-refractivity contribution in [2.75, 3.05) is 6.54 Å². The number of rotatable bonds is 5. The van der Waals surface area contributed by atoms with Gasteiger partial charge in [-0.1, -0.05) is 6.92 Å². The van der Waals surface area contributed by atoms with E-state index >= 15 is 0 Å². The Morgan fingerprint density at radius 3 is 2.89 bits per heavy atom. The molecule has 0 bridgehead atoms. The maximum Gasteiger partial charge on any atom is 0.281 e. The molecule has 6 heteroatoms. The van der Waals surface area contributed by atoms with Crippen LogP contribution in [0, 0.1) is 12.7 Å². The van der Waals surface area contributed by atoms with Crippen molar-refractivity contribution in [3.8, 4) is 0 Å². The second-order valence-electron chi connectivity index (χ2n) is 3.72. The molecule has 1 aromatic carbocycles. The number of nitrogens with zero attached hydrogens (tertiary/aromatic N) is 2. The van der Waals surface area contributed by atoms with Gasteiger partial charge in [-0.15, -0.1) is 10.2 Å². The summed E-state index contributed by atoms with van der Waals surface area (Å²) in [5.74, 6) is 0.279. The zero-order valence-electron chi connectivity index (χ0n) is 10.2. The third-order valence-corrected chi connectivity index (χ3v) is 3.25. The van der Waals surface area contributed by atoms with Gasteiger partial charge >= 0.3 is 0 Å². The third kappa shape index (κ3) is 3.30. The van der Waals surface area contributed by atoms with E-state index in [-0.39, 0.29) is 5.82 Å². The van der Waals surface area contributed by atoms with Crippen LogP contribution in [-0.2, 0) is 6.54 Å². The standard InChI is InChI=1S/C12H14FN3OS/c1-3-14-7-9-6-10(13)4-5-11(9)18-12-16-15-8(2)17-12/h4-6,14H,3,7H2,1-2H3. The van der Waals surface area contributed by atoms with Crippen molar-refractivity contribution in [2.24, 2.45) is 0 Å². The van der Waals surface area contributed by atoms with E-state index in [4.69, 9.17) is 4.42 Å². The Labute approximate surface area is 109 Å². The minimum absolute atomic E-state index is 0.242. The van der Waals surface area contributed by atoms with Crippen LogP contribution in [-0.4, -0.2) is 16.7 Å². The molecule has 96 valence electrons. The number of nitrogens with one attached hydrogen (secondary N) is 1. The molecule has 0 atom stereocenters. The molecule has 2 aromatic rings. The van der Waals surface area contributed by atoms with Gasteiger partial charge in [-0.3, -0.25) is 0 Å². The number of halogens is 1. The first-order valence-corrected chi connectivity index (χ1v) is 6.47. The van der Waals surface area contributed by atoms with E-state index in [9.17, 15) is 4.39 Å². The van der Waals surface area contributed by atoms with Crippen molar-refractivity contribution in [2.45, 2.75) is 30.5 Å². The van der Waals surface area contributed by atoms with Gasteiger partial charge in [0.15, 0.2) is 0 Å². The van der Waals surface area contributed by atoms with Gasteiger partial charge in [0.25, 0.3) is 5.22 Å². The SMILES string of the molecule is CCNCc1cc(F)ccc1Sc1nnc(C)o1. The predicted octanol–water partition coefficient (Wildman–Crippen LogP) is 2.78. The van der Waals surface area contributed by atoms with E-state index in [1.165, 1.54) is 23.9 Å². The van der Waals surface area contributed by atoms with Crippen LogP contribution in [0.1, 0.15) is 18.4 Å². The number of aryl methyl sites for hydroxylation is 1. The van der Waals surface area contributed by atoms with E-state index in [2.05, 4.69) is 15.5 Å². The first-order chi connectivity index (χ1) is 8.69. The molecular weight excluding hydrogens is 253 g/mol. The van der Waals surface area contributed by atoms with E-state index in [1.807, 2.05) is 6.92 Å². The second kappa shape index (κ2) is 5.97. The molecule has 4 nitrogen and oxygen atoms in total. The van der Waals surface area contributed by atoms with Crippen LogP contribution < -0.4 is 5.32 Å². The Morgan fingerprint density at radius 1 is 1.39 bits per heavy atom. The summed E-state index contributed by atoms with van der Waals surface area (Å²) in [6.45, 7) is 5.19. The lowest BCUT2D eigenvalue weighted by atomic mass is 10.2. The Hall–Kier alpha value is -1.40. The minimum Gasteiger partial charge on any atom is -0.416 e. The molecule has 1 aromatic heterocycles. The molecule has 1 N–H and O–H groups in total. The summed E-state index contributed by atoms with van der Waals surface area (Å²) >= 11 is 1.35. The summed E-state index contributed by atoms with van der Waals surface area (Å²) in [5.41, 5.74) is 0.887. The lowest BCUT2D eigenvalue weighted by Crippen LogP contribution is -2.12. The summed E-state index contributed by atoms with van der Waals surface area (Å²) in [6.07, 6.45) is 0. The summed E-state index contributed by atoms with van der Waals surface area (Å²) in [6, 6.07) is 4.68. The molecule has 0 fully saturated rings. The van der Waals surface area contributed by atoms with Gasteiger partial charge in [-0.05, 0) is 42.1 Å². The summed E-state index contributed by atoms with van der Waals surface area (Å²) in [4.78, 5) is 0.918. The highest BCUT2D eigenvalue weighted by Gasteiger charge is 2.10. The van der Waals surface area contributed by atoms with Crippen molar-refractivity contribution in [3.05, 3.63) is 35.5 Å². The molecule has 0 aliphatic carbocycles. The van der Waals surface area contributed by atoms with Crippen LogP contribution in [0.2, 0.25) is 0 Å². The zero-order valence-corrected chi connectivity index (χ0v) is 11.1. The molecule has 0 unspecified atom stereocenters. The van der Waals surface area contributed by atoms with Crippen molar-refractivity contribution in [1.29, 1.82) is 0 Å². The van der Waals surface area contributed by atoms with Crippen molar-refractivity contribution < 1.29 is 8.81 Å². The van der Waals surface area contributed by atoms with Crippen LogP contribution in [0.15, 0.2) is 32.7 Å². The minimum atomic E-state index is -0.242. The van der Waals surface area contributed by atoms with Crippen LogP contribution >= 0.6 is 11.8 Å². The maximum absolute atomic E-state index is 13.2. The molecule has 0 amide bonds. The lowest BCUT2D eigenvalue weighted by molar-refractivity contribution is 0.429. The molecule has 0 aliphatic heterocycles. The van der Waals surface area contributed by atoms with Crippen molar-refractivity contribution >= 4 is 11.8 Å². The fraction of sp³-hybridized carbons (Fsp3) is 0.333. The van der Waals surface area contributed by atoms with Gasteiger partial charge in [0.1, 0.15) is 5.82 Å². The predicted molar refractivity (Wildman–Crippen MR) is 66.9 cm³/mol. The number of hydrogen-bond donors (Lipinski definition) is 1. The molecular formula is C12H14FN3OS. The maximum atomic E-state index is 13.2. The molecule has 18 heavy (non-hydrogen) atoms. The first kappa shape index (κ1) is 13.0. The van der Waals surface area contributed by atoms with Crippen LogP contribution in [0.4, 0.5) is 4.39 Å². The average Bonchev–Trinajstić information content (AvgIpc) is 2.75. The molecule has 0 radical (unpaired) electrons. The highest BCUT2D eigenvalue weighted by atomic mass is 32.2. The van der Waals surface area contributed by atoms with Crippen molar-refractivity contribution in [3.63, 3.8) is 0 Å². The van der Waals surface area contributed by atoms with E-state index in [0.29, 0.717) is 17.7 Å². The molecule has 0 aliphatic rings. The summed E-state index contributed by atoms with van der Waals surface area (Å²) in [7, 11) is 0. The average molecular weight is 267 g/mol. The quantitative estimate of drug-likeness (QED) is 0.902. The molecule has 1 heterocycles. The van der Waals surface area contributed by atoms with Gasteiger partial charge in [0.2, 0.25) is 5.89 Å². The van der Waals surface area contributed by atoms with Gasteiger partial charge in [-0.2, -0.15) is 0 Å². The first-order valence-electron chi connectivity index (χ1n) is 5.66. The fourth-order valence-electron chi connectivity index (χ4n) is 1.46. The van der Waals surface area contributed by atoms with Crippen LogP contribution in [0.3, 0.4) is 0 Å². The highest BCUT2D eigenvalue weighted by molar-refractivity contribution is 7.99. The Balaban J connectivity index is 2.20. The normalized spacial score (nSPS) is 10.8. The van der Waals surface area contributed by atoms with Crippen molar-refractivity contribution in [1.82, 2.24) is 15.5 Å². The monoisotopic (exact) mass is 267 g/mol. The largest absolute Gasteiger partial charge is 0.416 e. The fourth-order valence-corrected chi connectivity index (χ4v) is 2.29. The number of aromatic nitrogens is 2. The molecule has 0 spiro atoms. The van der Waals surface area contributed by atoms with Gasteiger partial charge in [0.05, 0.1) is 0 Å². The topological polar surface area (TPSA) is 51.0 Å². The van der Waals surface area contributed by atoms with Crippen LogP contribution in [0.5, 0.6) is 0 Å². The second-order valence-corrected chi connectivity index (χ2v) is 4.71. The van der Waals surface area contributed by atoms with E-state index in [0.717, 1.165) is 17.0 Å². The molecule has 2 rings (SSSR count). The van der Waals surface area contributed by atoms with Gasteiger partial charge in [-0.25, -0.2) is 4.39 Å². The lowest BCUT2D eigenvalue weighted by Gasteiger charge is -2.07. The zero-order chi connectivity index (χ0) is 13.0. The third-order valence-electron chi connectivity index (χ3n) is 2.29. The highest BCUT2D eigenvalue weighted by Crippen LogP contribution is 2.29. The van der Waals surface area contributed by atoms with E-state index < -0.39 is 0 Å². The summed E-state index contributed by atoms with van der Waals surface area (Å²) < 4.78 is 18.5. The summed E-state index contributed by atoms with van der Waals surface area (Å²) in [5, 5.41) is 11.3. The number of hydrogen-bond acceptors (Lipinski definition) is 5. The number of benzene rings is 1. The van der Waals surface area contributed by atoms with Gasteiger partial charge in [0, 0.05) is 18.4 Å². The van der Waals surface area contributed by atoms with Gasteiger partial charge < -0.3 is 9.73 Å². The Bertz CT molecular complexity index is 530. The van der Waals surface area contributed by atoms with E-state index in [1.54, 1.807) is 13.0 Å².